The van der Waals surface area contributed by atoms with Gasteiger partial charge in [-0.05, 0) is 49.2 Å². The third-order valence-electron chi connectivity index (χ3n) is 3.47. The third kappa shape index (κ3) is 4.53. The van der Waals surface area contributed by atoms with Gasteiger partial charge in [-0.3, -0.25) is 0 Å². The quantitative estimate of drug-likeness (QED) is 0.339. The van der Waals surface area contributed by atoms with Crippen LogP contribution < -0.4 is 0 Å². The fraction of sp³-hybridized carbons (Fsp3) is 0.200. The highest BCUT2D eigenvalue weighted by Crippen LogP contribution is 2.29. The zero-order chi connectivity index (χ0) is 19.1. The molecule has 2 aromatic carbocycles. The average molecular weight is 360 g/mol. The summed E-state index contributed by atoms with van der Waals surface area (Å²) in [7, 11) is 0. The molecule has 0 aromatic heterocycles. The first-order valence-corrected chi connectivity index (χ1v) is 8.08. The molecule has 0 N–H and O–H groups in total. The highest BCUT2D eigenvalue weighted by molar-refractivity contribution is 6.21. The Morgan fingerprint density at radius 2 is 1.08 bits per heavy atom. The van der Waals surface area contributed by atoms with E-state index in [0.29, 0.717) is 11.1 Å². The van der Waals surface area contributed by atoms with Crippen molar-refractivity contribution in [2.45, 2.75) is 13.8 Å². The van der Waals surface area contributed by atoms with Crippen molar-refractivity contribution in [3.63, 3.8) is 0 Å². The van der Waals surface area contributed by atoms with Crippen LogP contribution in [0.3, 0.4) is 0 Å². The number of rotatable bonds is 6. The van der Waals surface area contributed by atoms with Crippen molar-refractivity contribution < 1.29 is 27.8 Å². The Balaban J connectivity index is 2.76. The minimum atomic E-state index is -0.866. The second-order valence-corrected chi connectivity index (χ2v) is 5.20. The molecule has 0 aliphatic heterocycles. The number of esters is 2. The molecular formula is C20H18F2O4. The standard InChI is InChI=1S/C20H18F2O4/c1-3-25-19(23)18(20(24)26-4-2)17(13-5-9-15(21)10-6-13)14-7-11-16(22)12-8-14/h5-12H,3-4H2,1-2H3. The molecule has 0 saturated heterocycles. The van der Waals surface area contributed by atoms with Crippen LogP contribution in [0.15, 0.2) is 54.1 Å². The molecule has 0 aliphatic carbocycles. The number of carbonyl (C=O) groups is 2. The van der Waals surface area contributed by atoms with Crippen molar-refractivity contribution in [3.05, 3.63) is 76.9 Å². The average Bonchev–Trinajstić information content (AvgIpc) is 2.62. The van der Waals surface area contributed by atoms with Gasteiger partial charge in [-0.15, -0.1) is 0 Å². The number of carbonyl (C=O) groups excluding carboxylic acids is 2. The van der Waals surface area contributed by atoms with Gasteiger partial charge in [0.05, 0.1) is 13.2 Å². The molecule has 0 amide bonds. The molecule has 26 heavy (non-hydrogen) atoms. The molecule has 4 nitrogen and oxygen atoms in total. The summed E-state index contributed by atoms with van der Waals surface area (Å²) < 4.78 is 36.6. The van der Waals surface area contributed by atoms with Gasteiger partial charge in [0.25, 0.3) is 0 Å². The molecule has 136 valence electrons. The minimum Gasteiger partial charge on any atom is -0.462 e. The first-order valence-electron chi connectivity index (χ1n) is 8.08. The van der Waals surface area contributed by atoms with Crippen LogP contribution in [0.4, 0.5) is 8.78 Å². The Bertz CT molecular complexity index is 741. The van der Waals surface area contributed by atoms with Crippen molar-refractivity contribution in [3.8, 4) is 0 Å². The Morgan fingerprint density at radius 1 is 0.731 bits per heavy atom. The maximum Gasteiger partial charge on any atom is 0.346 e. The lowest BCUT2D eigenvalue weighted by Crippen LogP contribution is -2.20. The molecule has 2 aromatic rings. The Hall–Kier alpha value is -3.02. The molecule has 0 atom stereocenters. The van der Waals surface area contributed by atoms with E-state index in [0.717, 1.165) is 0 Å². The van der Waals surface area contributed by atoms with Gasteiger partial charge >= 0.3 is 11.9 Å². The summed E-state index contributed by atoms with van der Waals surface area (Å²) in [5.74, 6) is -2.67. The summed E-state index contributed by atoms with van der Waals surface area (Å²) in [5.41, 5.74) is 0.650. The summed E-state index contributed by atoms with van der Waals surface area (Å²) in [5, 5.41) is 0. The van der Waals surface area contributed by atoms with Crippen LogP contribution in [0, 0.1) is 11.6 Å². The molecular weight excluding hydrogens is 342 g/mol. The van der Waals surface area contributed by atoms with Gasteiger partial charge in [-0.1, -0.05) is 24.3 Å². The van der Waals surface area contributed by atoms with Gasteiger partial charge < -0.3 is 9.47 Å². The predicted molar refractivity (Wildman–Crippen MR) is 92.1 cm³/mol. The van der Waals surface area contributed by atoms with Gasteiger partial charge in [-0.25, -0.2) is 18.4 Å². The summed E-state index contributed by atoms with van der Waals surface area (Å²) >= 11 is 0. The maximum absolute atomic E-state index is 13.3. The molecule has 0 radical (unpaired) electrons. The Kier molecular flexibility index (Phi) is 6.60. The van der Waals surface area contributed by atoms with Crippen LogP contribution >= 0.6 is 0 Å². The van der Waals surface area contributed by atoms with E-state index in [-0.39, 0.29) is 24.4 Å². The largest absolute Gasteiger partial charge is 0.462 e. The number of hydrogen-bond acceptors (Lipinski definition) is 4. The molecule has 6 heteroatoms. The van der Waals surface area contributed by atoms with Gasteiger partial charge in [0, 0.05) is 5.57 Å². The van der Waals surface area contributed by atoms with E-state index in [4.69, 9.17) is 9.47 Å². The van der Waals surface area contributed by atoms with Crippen molar-refractivity contribution in [1.82, 2.24) is 0 Å². The van der Waals surface area contributed by atoms with Gasteiger partial charge in [0.2, 0.25) is 0 Å². The summed E-state index contributed by atoms with van der Waals surface area (Å²) in [6.45, 7) is 3.33. The highest BCUT2D eigenvalue weighted by Gasteiger charge is 2.27. The number of halogens is 2. The van der Waals surface area contributed by atoms with Crippen LogP contribution in [0.2, 0.25) is 0 Å². The summed E-state index contributed by atoms with van der Waals surface area (Å²) in [4.78, 5) is 24.9. The SMILES string of the molecule is CCOC(=O)C(C(=O)OCC)=C(c1ccc(F)cc1)c1ccc(F)cc1. The lowest BCUT2D eigenvalue weighted by Gasteiger charge is -2.15. The van der Waals surface area contributed by atoms with E-state index < -0.39 is 23.6 Å². The van der Waals surface area contributed by atoms with Crippen molar-refractivity contribution in [2.75, 3.05) is 13.2 Å². The summed E-state index contributed by atoms with van der Waals surface area (Å²) in [6.07, 6.45) is 0. The summed E-state index contributed by atoms with van der Waals surface area (Å²) in [6, 6.07) is 10.5. The first kappa shape index (κ1) is 19.3. The fourth-order valence-electron chi connectivity index (χ4n) is 2.38. The van der Waals surface area contributed by atoms with Crippen LogP contribution in [-0.2, 0) is 19.1 Å². The van der Waals surface area contributed by atoms with Crippen LogP contribution in [0.1, 0.15) is 25.0 Å². The van der Waals surface area contributed by atoms with E-state index in [1.807, 2.05) is 0 Å². The smallest absolute Gasteiger partial charge is 0.346 e. The Labute approximate surface area is 150 Å². The zero-order valence-electron chi connectivity index (χ0n) is 14.4. The topological polar surface area (TPSA) is 52.6 Å². The minimum absolute atomic E-state index is 0.0574. The van der Waals surface area contributed by atoms with E-state index in [1.165, 1.54) is 48.5 Å². The monoisotopic (exact) mass is 360 g/mol. The van der Waals surface area contributed by atoms with E-state index >= 15 is 0 Å². The van der Waals surface area contributed by atoms with Crippen LogP contribution in [0.25, 0.3) is 5.57 Å². The first-order chi connectivity index (χ1) is 12.5. The molecule has 0 bridgehead atoms. The highest BCUT2D eigenvalue weighted by atomic mass is 19.1. The molecule has 0 unspecified atom stereocenters. The van der Waals surface area contributed by atoms with Crippen molar-refractivity contribution in [1.29, 1.82) is 0 Å². The van der Waals surface area contributed by atoms with Gasteiger partial charge in [-0.2, -0.15) is 0 Å². The normalized spacial score (nSPS) is 10.2. The van der Waals surface area contributed by atoms with Crippen LogP contribution in [0.5, 0.6) is 0 Å². The van der Waals surface area contributed by atoms with Gasteiger partial charge in [0.1, 0.15) is 11.6 Å². The van der Waals surface area contributed by atoms with Crippen molar-refractivity contribution >= 4 is 17.5 Å². The van der Waals surface area contributed by atoms with E-state index in [1.54, 1.807) is 13.8 Å². The Morgan fingerprint density at radius 3 is 1.38 bits per heavy atom. The fourth-order valence-corrected chi connectivity index (χ4v) is 2.38. The number of ether oxygens (including phenoxy) is 2. The molecule has 0 saturated carbocycles. The zero-order valence-corrected chi connectivity index (χ0v) is 14.4. The molecule has 2 rings (SSSR count). The predicted octanol–water partition coefficient (Wildman–Crippen LogP) is 3.89. The molecule has 0 aliphatic rings. The van der Waals surface area contributed by atoms with Crippen LogP contribution in [-0.4, -0.2) is 25.2 Å². The lowest BCUT2D eigenvalue weighted by atomic mass is 9.92. The number of hydrogen-bond donors (Lipinski definition) is 0. The second-order valence-electron chi connectivity index (χ2n) is 5.20. The lowest BCUT2D eigenvalue weighted by molar-refractivity contribution is -0.146. The molecule has 0 heterocycles. The van der Waals surface area contributed by atoms with Crippen molar-refractivity contribution in [2.24, 2.45) is 0 Å². The van der Waals surface area contributed by atoms with E-state index in [2.05, 4.69) is 0 Å². The molecule has 0 spiro atoms. The second kappa shape index (κ2) is 8.89. The molecule has 0 fully saturated rings. The van der Waals surface area contributed by atoms with E-state index in [9.17, 15) is 18.4 Å². The third-order valence-corrected chi connectivity index (χ3v) is 3.47. The van der Waals surface area contributed by atoms with Gasteiger partial charge in [0.15, 0.2) is 5.57 Å². The number of benzene rings is 2. The maximum atomic E-state index is 13.3.